The van der Waals surface area contributed by atoms with Gasteiger partial charge in [0.1, 0.15) is 6.54 Å². The predicted molar refractivity (Wildman–Crippen MR) is 122 cm³/mol. The highest BCUT2D eigenvalue weighted by Gasteiger charge is 2.27. The SMILES string of the molecule is Cc1ccc(N(CC(=O)Nc2ccc(Cl)cc2C)S(=O)(=O)c2ccc(C)cc2)cc1. The Morgan fingerprint density at radius 1 is 0.900 bits per heavy atom. The van der Waals surface area contributed by atoms with Crippen LogP contribution in [0.25, 0.3) is 0 Å². The average molecular weight is 443 g/mol. The Bertz CT molecular complexity index is 1160. The Morgan fingerprint density at radius 2 is 1.47 bits per heavy atom. The molecule has 3 aromatic rings. The van der Waals surface area contributed by atoms with Crippen molar-refractivity contribution >= 4 is 38.9 Å². The second kappa shape index (κ2) is 8.90. The van der Waals surface area contributed by atoms with E-state index in [2.05, 4.69) is 5.32 Å². The minimum atomic E-state index is -3.94. The van der Waals surface area contributed by atoms with Gasteiger partial charge in [-0.1, -0.05) is 47.0 Å². The first kappa shape index (κ1) is 21.9. The van der Waals surface area contributed by atoms with Crippen molar-refractivity contribution < 1.29 is 13.2 Å². The number of rotatable bonds is 6. The van der Waals surface area contributed by atoms with Gasteiger partial charge < -0.3 is 5.32 Å². The second-order valence-electron chi connectivity index (χ2n) is 7.17. The van der Waals surface area contributed by atoms with Crippen LogP contribution in [0.5, 0.6) is 0 Å². The molecular formula is C23H23ClN2O3S. The Morgan fingerprint density at radius 3 is 2.03 bits per heavy atom. The number of nitrogens with zero attached hydrogens (tertiary/aromatic N) is 1. The summed E-state index contributed by atoms with van der Waals surface area (Å²) in [4.78, 5) is 12.9. The topological polar surface area (TPSA) is 66.5 Å². The van der Waals surface area contributed by atoms with Crippen molar-refractivity contribution in [2.24, 2.45) is 0 Å². The minimum absolute atomic E-state index is 0.129. The van der Waals surface area contributed by atoms with Gasteiger partial charge in [-0.25, -0.2) is 8.42 Å². The summed E-state index contributed by atoms with van der Waals surface area (Å²) >= 11 is 5.97. The third kappa shape index (κ3) is 5.01. The lowest BCUT2D eigenvalue weighted by atomic mass is 10.2. The molecule has 0 aromatic heterocycles. The van der Waals surface area contributed by atoms with Crippen LogP contribution in [0, 0.1) is 20.8 Å². The number of amides is 1. The molecule has 0 unspecified atom stereocenters. The van der Waals surface area contributed by atoms with Crippen LogP contribution in [-0.4, -0.2) is 20.9 Å². The van der Waals surface area contributed by atoms with Gasteiger partial charge in [-0.3, -0.25) is 9.10 Å². The number of carbonyl (C=O) groups excluding carboxylic acids is 1. The molecule has 7 heteroatoms. The highest BCUT2D eigenvalue weighted by atomic mass is 35.5. The maximum Gasteiger partial charge on any atom is 0.264 e. The Kier molecular flexibility index (Phi) is 6.48. The molecule has 156 valence electrons. The van der Waals surface area contributed by atoms with Crippen molar-refractivity contribution in [2.75, 3.05) is 16.2 Å². The van der Waals surface area contributed by atoms with Crippen molar-refractivity contribution in [3.05, 3.63) is 88.4 Å². The first-order chi connectivity index (χ1) is 14.2. The normalized spacial score (nSPS) is 11.2. The van der Waals surface area contributed by atoms with Gasteiger partial charge >= 0.3 is 0 Å². The summed E-state index contributed by atoms with van der Waals surface area (Å²) in [6.45, 7) is 5.26. The lowest BCUT2D eigenvalue weighted by molar-refractivity contribution is -0.114. The first-order valence-corrected chi connectivity index (χ1v) is 11.2. The fraction of sp³-hybridized carbons (Fsp3) is 0.174. The Labute approximate surface area is 182 Å². The molecule has 0 saturated carbocycles. The van der Waals surface area contributed by atoms with E-state index in [9.17, 15) is 13.2 Å². The molecule has 0 atom stereocenters. The van der Waals surface area contributed by atoms with Gasteiger partial charge in [0.15, 0.2) is 0 Å². The monoisotopic (exact) mass is 442 g/mol. The number of aryl methyl sites for hydroxylation is 3. The maximum atomic E-state index is 13.4. The van der Waals surface area contributed by atoms with Gasteiger partial charge in [0, 0.05) is 10.7 Å². The van der Waals surface area contributed by atoms with Gasteiger partial charge in [-0.15, -0.1) is 0 Å². The molecule has 5 nitrogen and oxygen atoms in total. The lowest BCUT2D eigenvalue weighted by Gasteiger charge is -2.24. The fourth-order valence-electron chi connectivity index (χ4n) is 2.95. The summed E-state index contributed by atoms with van der Waals surface area (Å²) in [5, 5.41) is 3.34. The van der Waals surface area contributed by atoms with Crippen molar-refractivity contribution in [3.63, 3.8) is 0 Å². The zero-order valence-electron chi connectivity index (χ0n) is 17.0. The van der Waals surface area contributed by atoms with Gasteiger partial charge in [-0.05, 0) is 68.8 Å². The molecule has 0 radical (unpaired) electrons. The number of nitrogens with one attached hydrogen (secondary N) is 1. The average Bonchev–Trinajstić information content (AvgIpc) is 2.69. The number of halogens is 1. The van der Waals surface area contributed by atoms with Crippen molar-refractivity contribution in [2.45, 2.75) is 25.7 Å². The number of hydrogen-bond donors (Lipinski definition) is 1. The van der Waals surface area contributed by atoms with Crippen LogP contribution in [-0.2, 0) is 14.8 Å². The molecule has 0 fully saturated rings. The zero-order valence-corrected chi connectivity index (χ0v) is 18.6. The van der Waals surface area contributed by atoms with E-state index in [-0.39, 0.29) is 11.4 Å². The highest BCUT2D eigenvalue weighted by Crippen LogP contribution is 2.25. The van der Waals surface area contributed by atoms with E-state index in [0.29, 0.717) is 16.4 Å². The molecule has 0 aliphatic heterocycles. The molecule has 0 saturated heterocycles. The number of sulfonamides is 1. The summed E-state index contributed by atoms with van der Waals surface area (Å²) in [5.41, 5.74) is 3.74. The molecule has 3 rings (SSSR count). The summed E-state index contributed by atoms with van der Waals surface area (Å²) < 4.78 is 27.8. The van der Waals surface area contributed by atoms with Gasteiger partial charge in [0.05, 0.1) is 10.6 Å². The molecule has 0 bridgehead atoms. The van der Waals surface area contributed by atoms with E-state index >= 15 is 0 Å². The first-order valence-electron chi connectivity index (χ1n) is 9.39. The quantitative estimate of drug-likeness (QED) is 0.577. The third-order valence-electron chi connectivity index (χ3n) is 4.68. The van der Waals surface area contributed by atoms with E-state index < -0.39 is 15.9 Å². The van der Waals surface area contributed by atoms with Crippen molar-refractivity contribution in [1.29, 1.82) is 0 Å². The fourth-order valence-corrected chi connectivity index (χ4v) is 4.60. The van der Waals surface area contributed by atoms with Crippen LogP contribution in [0.1, 0.15) is 16.7 Å². The summed E-state index contributed by atoms with van der Waals surface area (Å²) in [6, 6.07) is 18.7. The van der Waals surface area contributed by atoms with Crippen LogP contribution in [0.15, 0.2) is 71.6 Å². The van der Waals surface area contributed by atoms with Gasteiger partial charge in [-0.2, -0.15) is 0 Å². The van der Waals surface area contributed by atoms with Crippen LogP contribution < -0.4 is 9.62 Å². The van der Waals surface area contributed by atoms with E-state index in [1.165, 1.54) is 0 Å². The number of carbonyl (C=O) groups is 1. The zero-order chi connectivity index (χ0) is 21.9. The third-order valence-corrected chi connectivity index (χ3v) is 6.70. The minimum Gasteiger partial charge on any atom is -0.324 e. The number of anilines is 2. The Hall–Kier alpha value is -2.83. The number of hydrogen-bond acceptors (Lipinski definition) is 3. The summed E-state index contributed by atoms with van der Waals surface area (Å²) in [5.74, 6) is -0.448. The maximum absolute atomic E-state index is 13.4. The molecule has 1 N–H and O–H groups in total. The molecule has 0 aliphatic carbocycles. The van der Waals surface area contributed by atoms with E-state index in [1.807, 2.05) is 32.9 Å². The summed E-state index contributed by atoms with van der Waals surface area (Å²) in [6.07, 6.45) is 0. The van der Waals surface area contributed by atoms with Crippen LogP contribution >= 0.6 is 11.6 Å². The number of benzene rings is 3. The highest BCUT2D eigenvalue weighted by molar-refractivity contribution is 7.92. The smallest absolute Gasteiger partial charge is 0.264 e. The van der Waals surface area contributed by atoms with Crippen molar-refractivity contribution in [1.82, 2.24) is 0 Å². The standard InChI is InChI=1S/C23H23ClN2O3S/c1-16-4-9-20(10-5-16)26(30(28,29)21-11-6-17(2)7-12-21)15-23(27)25-22-13-8-19(24)14-18(22)3/h4-14H,15H2,1-3H3,(H,25,27). The molecule has 1 amide bonds. The molecular weight excluding hydrogens is 420 g/mol. The van der Waals surface area contributed by atoms with Crippen LogP contribution in [0.4, 0.5) is 11.4 Å². The molecule has 3 aromatic carbocycles. The van der Waals surface area contributed by atoms with Crippen molar-refractivity contribution in [3.8, 4) is 0 Å². The Balaban J connectivity index is 1.94. The predicted octanol–water partition coefficient (Wildman–Crippen LogP) is 5.10. The van der Waals surface area contributed by atoms with E-state index in [1.54, 1.807) is 54.6 Å². The van der Waals surface area contributed by atoms with Crippen LogP contribution in [0.3, 0.4) is 0 Å². The lowest BCUT2D eigenvalue weighted by Crippen LogP contribution is -2.38. The largest absolute Gasteiger partial charge is 0.324 e. The molecule has 0 heterocycles. The second-order valence-corrected chi connectivity index (χ2v) is 9.47. The van der Waals surface area contributed by atoms with Gasteiger partial charge in [0.2, 0.25) is 5.91 Å². The van der Waals surface area contributed by atoms with Crippen LogP contribution in [0.2, 0.25) is 5.02 Å². The van der Waals surface area contributed by atoms with E-state index in [4.69, 9.17) is 11.6 Å². The molecule has 0 spiro atoms. The van der Waals surface area contributed by atoms with Gasteiger partial charge in [0.25, 0.3) is 10.0 Å². The molecule has 0 aliphatic rings. The molecule has 30 heavy (non-hydrogen) atoms. The summed E-state index contributed by atoms with van der Waals surface area (Å²) in [7, 11) is -3.94. The van der Waals surface area contributed by atoms with E-state index in [0.717, 1.165) is 21.0 Å².